The first-order valence-corrected chi connectivity index (χ1v) is 6.32. The van der Waals surface area contributed by atoms with Crippen molar-refractivity contribution in [3.8, 4) is 5.75 Å². The summed E-state index contributed by atoms with van der Waals surface area (Å²) in [5, 5.41) is 6.95. The molecular weight excluding hydrogens is 259 g/mol. The summed E-state index contributed by atoms with van der Waals surface area (Å²) in [6.07, 6.45) is -2.92. The molecule has 0 aliphatic rings. The molecule has 19 heavy (non-hydrogen) atoms. The lowest BCUT2D eigenvalue weighted by Gasteiger charge is -2.21. The van der Waals surface area contributed by atoms with Gasteiger partial charge in [-0.1, -0.05) is 13.8 Å². The molecular formula is C12H20F3N3O. The van der Waals surface area contributed by atoms with Crippen LogP contribution in [0.15, 0.2) is 6.20 Å². The van der Waals surface area contributed by atoms with Crippen molar-refractivity contribution >= 4 is 0 Å². The summed E-state index contributed by atoms with van der Waals surface area (Å²) < 4.78 is 44.7. The van der Waals surface area contributed by atoms with E-state index >= 15 is 0 Å². The number of aryl methyl sites for hydroxylation is 1. The number of nitrogens with zero attached hydrogens (tertiary/aromatic N) is 2. The van der Waals surface area contributed by atoms with Crippen LogP contribution >= 0.6 is 0 Å². The Balaban J connectivity index is 3.08. The maximum atomic E-state index is 12.7. The number of ether oxygens (including phenoxy) is 1. The fourth-order valence-electron chi connectivity index (χ4n) is 2.02. The van der Waals surface area contributed by atoms with Crippen molar-refractivity contribution < 1.29 is 17.9 Å². The van der Waals surface area contributed by atoms with Gasteiger partial charge in [-0.3, -0.25) is 4.68 Å². The lowest BCUT2D eigenvalue weighted by Crippen LogP contribution is -2.29. The van der Waals surface area contributed by atoms with E-state index in [0.717, 1.165) is 6.42 Å². The van der Waals surface area contributed by atoms with Gasteiger partial charge in [-0.05, 0) is 13.0 Å². The maximum absolute atomic E-state index is 12.7. The van der Waals surface area contributed by atoms with Gasteiger partial charge in [0, 0.05) is 6.54 Å². The Hall–Kier alpha value is -1.24. The molecule has 1 unspecified atom stereocenters. The Labute approximate surface area is 110 Å². The highest BCUT2D eigenvalue weighted by atomic mass is 19.4. The topological polar surface area (TPSA) is 39.1 Å². The number of nitrogens with one attached hydrogen (secondary N) is 1. The van der Waals surface area contributed by atoms with Crippen LogP contribution in [-0.4, -0.2) is 29.6 Å². The van der Waals surface area contributed by atoms with E-state index in [1.165, 1.54) is 13.3 Å². The number of halogens is 3. The minimum absolute atomic E-state index is 0.392. The van der Waals surface area contributed by atoms with E-state index in [-0.39, 0.29) is 0 Å². The van der Waals surface area contributed by atoms with Gasteiger partial charge >= 0.3 is 6.18 Å². The van der Waals surface area contributed by atoms with Crippen molar-refractivity contribution in [2.24, 2.45) is 0 Å². The number of hydrogen-bond donors (Lipinski definition) is 1. The van der Waals surface area contributed by atoms with Gasteiger partial charge < -0.3 is 10.1 Å². The summed E-state index contributed by atoms with van der Waals surface area (Å²) in [6.45, 7) is 4.74. The van der Waals surface area contributed by atoms with E-state index < -0.39 is 18.6 Å². The Kier molecular flexibility index (Phi) is 5.65. The van der Waals surface area contributed by atoms with Gasteiger partial charge in [-0.2, -0.15) is 18.3 Å². The molecule has 1 heterocycles. The highest BCUT2D eigenvalue weighted by Crippen LogP contribution is 2.34. The summed E-state index contributed by atoms with van der Waals surface area (Å²) in [6, 6.07) is -0.839. The SMILES string of the molecule is CCCn1ncc(OC)c1C(CC(F)(F)F)NCC. The molecule has 4 nitrogen and oxygen atoms in total. The van der Waals surface area contributed by atoms with E-state index in [1.807, 2.05) is 6.92 Å². The van der Waals surface area contributed by atoms with Crippen LogP contribution in [0, 0.1) is 0 Å². The van der Waals surface area contributed by atoms with Gasteiger partial charge in [0.1, 0.15) is 0 Å². The van der Waals surface area contributed by atoms with E-state index in [0.29, 0.717) is 24.5 Å². The molecule has 0 aliphatic carbocycles. The van der Waals surface area contributed by atoms with Gasteiger partial charge in [0.15, 0.2) is 5.75 Å². The van der Waals surface area contributed by atoms with Crippen LogP contribution in [0.1, 0.15) is 38.4 Å². The van der Waals surface area contributed by atoms with E-state index in [2.05, 4.69) is 10.4 Å². The summed E-state index contributed by atoms with van der Waals surface area (Å²) in [7, 11) is 1.44. The van der Waals surface area contributed by atoms with Gasteiger partial charge in [-0.15, -0.1) is 0 Å². The second kappa shape index (κ2) is 6.79. The van der Waals surface area contributed by atoms with Crippen LogP contribution in [0.4, 0.5) is 13.2 Å². The molecule has 110 valence electrons. The predicted octanol–water partition coefficient (Wildman–Crippen LogP) is 2.90. The van der Waals surface area contributed by atoms with Gasteiger partial charge in [0.2, 0.25) is 0 Å². The first-order chi connectivity index (χ1) is 8.92. The Bertz CT molecular complexity index is 390. The molecule has 0 bridgehead atoms. The molecule has 1 aromatic rings. The van der Waals surface area contributed by atoms with Crippen molar-refractivity contribution in [1.29, 1.82) is 0 Å². The van der Waals surface area contributed by atoms with Crippen molar-refractivity contribution in [2.45, 2.75) is 45.5 Å². The highest BCUT2D eigenvalue weighted by molar-refractivity contribution is 5.28. The lowest BCUT2D eigenvalue weighted by molar-refractivity contribution is -0.140. The summed E-state index contributed by atoms with van der Waals surface area (Å²) in [5.74, 6) is 0.392. The largest absolute Gasteiger partial charge is 0.493 e. The molecule has 1 rings (SSSR count). The van der Waals surface area contributed by atoms with Crippen molar-refractivity contribution in [3.05, 3.63) is 11.9 Å². The zero-order valence-electron chi connectivity index (χ0n) is 11.4. The molecule has 1 N–H and O–H groups in total. The van der Waals surface area contributed by atoms with Crippen molar-refractivity contribution in [1.82, 2.24) is 15.1 Å². The average molecular weight is 279 g/mol. The van der Waals surface area contributed by atoms with Gasteiger partial charge in [-0.25, -0.2) is 0 Å². The van der Waals surface area contributed by atoms with E-state index in [4.69, 9.17) is 4.74 Å². The molecule has 1 aromatic heterocycles. The van der Waals surface area contributed by atoms with Crippen LogP contribution in [-0.2, 0) is 6.54 Å². The smallest absolute Gasteiger partial charge is 0.390 e. The molecule has 0 saturated carbocycles. The molecule has 0 aliphatic heterocycles. The monoisotopic (exact) mass is 279 g/mol. The molecule has 0 aromatic carbocycles. The van der Waals surface area contributed by atoms with Crippen LogP contribution in [0.25, 0.3) is 0 Å². The van der Waals surface area contributed by atoms with Gasteiger partial charge in [0.05, 0.1) is 31.5 Å². The first kappa shape index (κ1) is 15.8. The summed E-state index contributed by atoms with van der Waals surface area (Å²) in [5.41, 5.74) is 0.462. The molecule has 1 atom stereocenters. The third kappa shape index (κ3) is 4.41. The van der Waals surface area contributed by atoms with Crippen LogP contribution in [0.2, 0.25) is 0 Å². The maximum Gasteiger partial charge on any atom is 0.390 e. The fourth-order valence-corrected chi connectivity index (χ4v) is 2.02. The Morgan fingerprint density at radius 2 is 2.11 bits per heavy atom. The zero-order valence-corrected chi connectivity index (χ0v) is 11.4. The van der Waals surface area contributed by atoms with Crippen LogP contribution < -0.4 is 10.1 Å². The lowest BCUT2D eigenvalue weighted by atomic mass is 10.1. The minimum Gasteiger partial charge on any atom is -0.493 e. The summed E-state index contributed by atoms with van der Waals surface area (Å²) >= 11 is 0. The number of hydrogen-bond acceptors (Lipinski definition) is 3. The van der Waals surface area contributed by atoms with E-state index in [1.54, 1.807) is 11.6 Å². The second-order valence-electron chi connectivity index (χ2n) is 4.25. The van der Waals surface area contributed by atoms with Crippen LogP contribution in [0.5, 0.6) is 5.75 Å². The standard InChI is InChI=1S/C12H20F3N3O/c1-4-6-18-11(10(19-3)8-17-18)9(16-5-2)7-12(13,14)15/h8-9,16H,4-7H2,1-3H3. The third-order valence-corrected chi connectivity index (χ3v) is 2.72. The number of aromatic nitrogens is 2. The third-order valence-electron chi connectivity index (χ3n) is 2.72. The molecule has 7 heteroatoms. The molecule has 0 fully saturated rings. The number of methoxy groups -OCH3 is 1. The predicted molar refractivity (Wildman–Crippen MR) is 66.2 cm³/mol. The zero-order chi connectivity index (χ0) is 14.5. The Morgan fingerprint density at radius 3 is 2.58 bits per heavy atom. The van der Waals surface area contributed by atoms with Crippen LogP contribution in [0.3, 0.4) is 0 Å². The number of rotatable bonds is 7. The van der Waals surface area contributed by atoms with Gasteiger partial charge in [0.25, 0.3) is 0 Å². The minimum atomic E-state index is -4.24. The normalized spacial score (nSPS) is 13.6. The highest BCUT2D eigenvalue weighted by Gasteiger charge is 2.35. The van der Waals surface area contributed by atoms with Crippen molar-refractivity contribution in [2.75, 3.05) is 13.7 Å². The molecule has 0 radical (unpaired) electrons. The quantitative estimate of drug-likeness (QED) is 0.834. The second-order valence-corrected chi connectivity index (χ2v) is 4.25. The Morgan fingerprint density at radius 1 is 1.42 bits per heavy atom. The molecule has 0 spiro atoms. The van der Waals surface area contributed by atoms with Crippen molar-refractivity contribution in [3.63, 3.8) is 0 Å². The number of alkyl halides is 3. The molecule has 0 amide bonds. The summed E-state index contributed by atoms with van der Waals surface area (Å²) in [4.78, 5) is 0. The average Bonchev–Trinajstić information content (AvgIpc) is 2.70. The first-order valence-electron chi connectivity index (χ1n) is 6.32. The van der Waals surface area contributed by atoms with E-state index in [9.17, 15) is 13.2 Å². The molecule has 0 saturated heterocycles. The fraction of sp³-hybridized carbons (Fsp3) is 0.750.